The third kappa shape index (κ3) is 3.51. The Morgan fingerprint density at radius 3 is 2.35 bits per heavy atom. The first-order chi connectivity index (χ1) is 11.0. The van der Waals surface area contributed by atoms with Crippen LogP contribution in [0.4, 0.5) is 5.69 Å². The summed E-state index contributed by atoms with van der Waals surface area (Å²) in [5, 5.41) is 10.8. The van der Waals surface area contributed by atoms with E-state index in [0.29, 0.717) is 14.5 Å². The van der Waals surface area contributed by atoms with Gasteiger partial charge in [-0.25, -0.2) is 0 Å². The lowest BCUT2D eigenvalue weighted by Gasteiger charge is -2.44. The number of amides is 1. The minimum atomic E-state index is -0.426. The molecule has 1 amide bonds. The summed E-state index contributed by atoms with van der Waals surface area (Å²) in [6.45, 7) is 1.62. The van der Waals surface area contributed by atoms with Gasteiger partial charge < -0.3 is 4.90 Å². The van der Waals surface area contributed by atoms with Crippen LogP contribution in [0.25, 0.3) is 0 Å². The van der Waals surface area contributed by atoms with Gasteiger partial charge in [0, 0.05) is 28.8 Å². The van der Waals surface area contributed by atoms with Gasteiger partial charge >= 0.3 is 0 Å². The summed E-state index contributed by atoms with van der Waals surface area (Å²) in [7, 11) is 0. The predicted octanol–water partition coefficient (Wildman–Crippen LogP) is 4.39. The number of nitrogens with zero attached hydrogens (tertiary/aromatic N) is 2. The number of piperidine rings is 1. The molecular formula is C17H21IN2O3. The molecule has 5 nitrogen and oxygen atoms in total. The number of rotatable bonds is 2. The zero-order chi connectivity index (χ0) is 16.4. The lowest BCUT2D eigenvalue weighted by molar-refractivity contribution is -0.384. The smallest absolute Gasteiger partial charge is 0.270 e. The second-order valence-corrected chi connectivity index (χ2v) is 7.94. The summed E-state index contributed by atoms with van der Waals surface area (Å²) in [5.41, 5.74) is 1.08. The number of hydrogen-bond donors (Lipinski definition) is 0. The molecule has 1 heterocycles. The van der Waals surface area contributed by atoms with E-state index < -0.39 is 4.92 Å². The normalized spacial score (nSPS) is 20.5. The van der Waals surface area contributed by atoms with Crippen molar-refractivity contribution in [2.45, 2.75) is 44.9 Å². The van der Waals surface area contributed by atoms with Crippen LogP contribution in [0.3, 0.4) is 0 Å². The van der Waals surface area contributed by atoms with Crippen molar-refractivity contribution in [2.75, 3.05) is 13.1 Å². The van der Waals surface area contributed by atoms with E-state index in [4.69, 9.17) is 0 Å². The molecule has 23 heavy (non-hydrogen) atoms. The lowest BCUT2D eigenvalue weighted by atomic mass is 9.68. The highest BCUT2D eigenvalue weighted by molar-refractivity contribution is 14.1. The van der Waals surface area contributed by atoms with E-state index in [2.05, 4.69) is 0 Å². The number of nitro benzene ring substituents is 1. The van der Waals surface area contributed by atoms with E-state index in [-0.39, 0.29) is 11.6 Å². The highest BCUT2D eigenvalue weighted by Crippen LogP contribution is 2.44. The number of likely N-dealkylation sites (tertiary alicyclic amines) is 1. The molecule has 1 aliphatic heterocycles. The van der Waals surface area contributed by atoms with Crippen molar-refractivity contribution in [3.63, 3.8) is 0 Å². The molecule has 0 atom stereocenters. The van der Waals surface area contributed by atoms with Gasteiger partial charge in [-0.15, -0.1) is 0 Å². The molecule has 6 heteroatoms. The number of hydrogen-bond acceptors (Lipinski definition) is 3. The van der Waals surface area contributed by atoms with Crippen molar-refractivity contribution in [1.82, 2.24) is 4.90 Å². The Morgan fingerprint density at radius 2 is 1.78 bits per heavy atom. The molecular weight excluding hydrogens is 407 g/mol. The quantitative estimate of drug-likeness (QED) is 0.399. The Kier molecular flexibility index (Phi) is 4.89. The van der Waals surface area contributed by atoms with Crippen molar-refractivity contribution in [2.24, 2.45) is 5.41 Å². The second kappa shape index (κ2) is 6.75. The molecule has 3 rings (SSSR count). The van der Waals surface area contributed by atoms with E-state index in [1.165, 1.54) is 44.2 Å². The molecule has 0 radical (unpaired) electrons. The topological polar surface area (TPSA) is 63.4 Å². The Morgan fingerprint density at radius 1 is 1.13 bits per heavy atom. The maximum atomic E-state index is 12.7. The number of carbonyl (C=O) groups excluding carboxylic acids is 1. The summed E-state index contributed by atoms with van der Waals surface area (Å²) >= 11 is 2.02. The second-order valence-electron chi connectivity index (χ2n) is 6.77. The molecule has 0 unspecified atom stereocenters. The molecule has 1 aliphatic carbocycles. The van der Waals surface area contributed by atoms with Gasteiger partial charge in [-0.1, -0.05) is 19.3 Å². The van der Waals surface area contributed by atoms with Crippen LogP contribution in [0.15, 0.2) is 18.2 Å². The van der Waals surface area contributed by atoms with E-state index in [1.54, 1.807) is 6.07 Å². The predicted molar refractivity (Wildman–Crippen MR) is 96.5 cm³/mol. The van der Waals surface area contributed by atoms with Crippen LogP contribution in [0.1, 0.15) is 55.3 Å². The van der Waals surface area contributed by atoms with Gasteiger partial charge in [0.15, 0.2) is 0 Å². The molecule has 124 valence electrons. The van der Waals surface area contributed by atoms with Gasteiger partial charge in [0.2, 0.25) is 0 Å². The van der Waals surface area contributed by atoms with E-state index >= 15 is 0 Å². The fraction of sp³-hybridized carbons (Fsp3) is 0.588. The zero-order valence-corrected chi connectivity index (χ0v) is 15.3. The average molecular weight is 428 g/mol. The van der Waals surface area contributed by atoms with Gasteiger partial charge in [-0.3, -0.25) is 14.9 Å². The number of nitro groups is 1. The summed E-state index contributed by atoms with van der Waals surface area (Å²) in [5.74, 6) is 0.00922. The molecule has 1 aromatic carbocycles. The van der Waals surface area contributed by atoms with Gasteiger partial charge in [-0.2, -0.15) is 0 Å². The first kappa shape index (κ1) is 16.7. The third-order valence-corrected chi connectivity index (χ3v) is 6.31. The molecule has 1 spiro atoms. The molecule has 2 fully saturated rings. The van der Waals surface area contributed by atoms with Crippen LogP contribution in [0, 0.1) is 19.1 Å². The monoisotopic (exact) mass is 428 g/mol. The molecule has 1 saturated heterocycles. The number of carbonyl (C=O) groups is 1. The average Bonchev–Trinajstić information content (AvgIpc) is 2.55. The van der Waals surface area contributed by atoms with Crippen LogP contribution in [-0.4, -0.2) is 28.8 Å². The standard InChI is InChI=1S/C17H21IN2O3/c18-15-12-13(20(22)23)4-5-14(15)16(21)19-10-8-17(9-11-19)6-2-1-3-7-17/h4-5,12H,1-3,6-11H2. The molecule has 0 N–H and O–H groups in total. The van der Waals surface area contributed by atoms with Crippen molar-refractivity contribution in [1.29, 1.82) is 0 Å². The Hall–Kier alpha value is -1.18. The van der Waals surface area contributed by atoms with Gasteiger partial charge in [-0.05, 0) is 59.8 Å². The summed E-state index contributed by atoms with van der Waals surface area (Å²) in [4.78, 5) is 25.0. The van der Waals surface area contributed by atoms with Crippen molar-refractivity contribution >= 4 is 34.2 Å². The molecule has 2 aliphatic rings. The van der Waals surface area contributed by atoms with Crippen molar-refractivity contribution < 1.29 is 9.72 Å². The summed E-state index contributed by atoms with van der Waals surface area (Å²) < 4.78 is 0.653. The van der Waals surface area contributed by atoms with Crippen LogP contribution >= 0.6 is 22.6 Å². The first-order valence-electron chi connectivity index (χ1n) is 8.24. The Labute approximate surface area is 149 Å². The van der Waals surface area contributed by atoms with Crippen LogP contribution in [0.2, 0.25) is 0 Å². The van der Waals surface area contributed by atoms with Crippen LogP contribution in [0.5, 0.6) is 0 Å². The minimum absolute atomic E-state index is 0.00922. The van der Waals surface area contributed by atoms with Gasteiger partial charge in [0.25, 0.3) is 11.6 Å². The fourth-order valence-corrected chi connectivity index (χ4v) is 4.68. The Balaban J connectivity index is 1.69. The molecule has 0 bridgehead atoms. The maximum Gasteiger partial charge on any atom is 0.270 e. The van der Waals surface area contributed by atoms with Crippen LogP contribution in [-0.2, 0) is 0 Å². The molecule has 1 saturated carbocycles. The van der Waals surface area contributed by atoms with Crippen LogP contribution < -0.4 is 0 Å². The highest BCUT2D eigenvalue weighted by Gasteiger charge is 2.37. The SMILES string of the molecule is O=C(c1ccc([N+](=O)[O-])cc1I)N1CCC2(CCCCC2)CC1. The summed E-state index contributed by atoms with van der Waals surface area (Å²) in [6, 6.07) is 4.48. The van der Waals surface area contributed by atoms with Crippen molar-refractivity contribution in [3.8, 4) is 0 Å². The fourth-order valence-electron chi connectivity index (χ4n) is 3.95. The molecule has 1 aromatic rings. The van der Waals surface area contributed by atoms with E-state index in [1.807, 2.05) is 27.5 Å². The van der Waals surface area contributed by atoms with Crippen molar-refractivity contribution in [3.05, 3.63) is 37.4 Å². The maximum absolute atomic E-state index is 12.7. The molecule has 0 aromatic heterocycles. The van der Waals surface area contributed by atoms with Gasteiger partial charge in [0.05, 0.1) is 10.5 Å². The number of halogens is 1. The highest BCUT2D eigenvalue weighted by atomic mass is 127. The summed E-state index contributed by atoms with van der Waals surface area (Å²) in [6.07, 6.45) is 8.83. The van der Waals surface area contributed by atoms with E-state index in [9.17, 15) is 14.9 Å². The third-order valence-electron chi connectivity index (χ3n) is 5.42. The minimum Gasteiger partial charge on any atom is -0.339 e. The van der Waals surface area contributed by atoms with E-state index in [0.717, 1.165) is 25.9 Å². The van der Waals surface area contributed by atoms with Gasteiger partial charge in [0.1, 0.15) is 0 Å². The number of benzene rings is 1. The largest absolute Gasteiger partial charge is 0.339 e. The lowest BCUT2D eigenvalue weighted by Crippen LogP contribution is -2.44. The zero-order valence-electron chi connectivity index (χ0n) is 13.1. The first-order valence-corrected chi connectivity index (χ1v) is 9.32. The number of non-ortho nitro benzene ring substituents is 1. The Bertz CT molecular complexity index is 616.